The van der Waals surface area contributed by atoms with Gasteiger partial charge in [-0.3, -0.25) is 0 Å². The second-order valence-electron chi connectivity index (χ2n) is 22.3. The van der Waals surface area contributed by atoms with Crippen molar-refractivity contribution < 1.29 is 0 Å². The highest BCUT2D eigenvalue weighted by Gasteiger charge is 2.39. The molecular weight excluding hydrogens is 1000 g/mol. The van der Waals surface area contributed by atoms with Crippen molar-refractivity contribution in [1.82, 2.24) is 18.2 Å². The van der Waals surface area contributed by atoms with E-state index in [1.54, 1.807) is 0 Å². The van der Waals surface area contributed by atoms with Crippen molar-refractivity contribution in [2.24, 2.45) is 0 Å². The molecule has 4 nitrogen and oxygen atoms in total. The molecule has 0 unspecified atom stereocenters. The minimum Gasteiger partial charge on any atom is -0.375 e. The number of fused-ring (bicyclic) bond motifs is 14. The Morgan fingerprint density at radius 2 is 0.602 bits per heavy atom. The quantitative estimate of drug-likeness (QED) is 0.142. The highest BCUT2D eigenvalue weighted by molar-refractivity contribution is 6.88. The summed E-state index contributed by atoms with van der Waals surface area (Å²) in [6.45, 7) is -0.301. The fourth-order valence-corrected chi connectivity index (χ4v) is 14.5. The van der Waals surface area contributed by atoms with Crippen LogP contribution in [0.25, 0.3) is 149 Å². The van der Waals surface area contributed by atoms with Crippen molar-refractivity contribution in [2.75, 3.05) is 0 Å². The van der Waals surface area contributed by atoms with Gasteiger partial charge in [0, 0.05) is 82.3 Å². The van der Waals surface area contributed by atoms with E-state index in [1.165, 1.54) is 148 Å². The van der Waals surface area contributed by atoms with Crippen LogP contribution in [0.4, 0.5) is 0 Å². The minimum absolute atomic E-state index is 0.301. The first-order valence-electron chi connectivity index (χ1n) is 28.8. The molecule has 83 heavy (non-hydrogen) atoms. The molecule has 0 fully saturated rings. The Hall–Kier alpha value is -10.9. The summed E-state index contributed by atoms with van der Waals surface area (Å²) in [7, 11) is 0. The number of hydrogen-bond donors (Lipinski definition) is 0. The zero-order valence-corrected chi connectivity index (χ0v) is 45.2. The molecule has 5 heteroatoms. The Labute approximate surface area is 479 Å². The topological polar surface area (TPSA) is 19.7 Å². The molecule has 0 spiro atoms. The molecule has 1 aliphatic heterocycles. The molecule has 0 radical (unpaired) electrons. The van der Waals surface area contributed by atoms with Gasteiger partial charge in [0.05, 0.1) is 33.1 Å². The summed E-state index contributed by atoms with van der Waals surface area (Å²) in [5.74, 6) is 0. The van der Waals surface area contributed by atoms with Crippen LogP contribution in [0.5, 0.6) is 0 Å². The normalized spacial score (nSPS) is 12.3. The van der Waals surface area contributed by atoms with E-state index in [-0.39, 0.29) is 6.85 Å². The molecule has 0 saturated heterocycles. The zero-order chi connectivity index (χ0) is 54.3. The fraction of sp³-hybridized carbons (Fsp3) is 0. The van der Waals surface area contributed by atoms with Crippen molar-refractivity contribution in [2.45, 2.75) is 0 Å². The van der Waals surface area contributed by atoms with Crippen LogP contribution in [0.15, 0.2) is 297 Å². The first-order chi connectivity index (χ1) is 41.2. The molecular formula is C78H49BN4. The Morgan fingerprint density at radius 3 is 1.10 bits per heavy atom. The fourth-order valence-electron chi connectivity index (χ4n) is 14.5. The molecule has 0 N–H and O–H groups in total. The Morgan fingerprint density at radius 1 is 0.217 bits per heavy atom. The zero-order valence-electron chi connectivity index (χ0n) is 45.2. The van der Waals surface area contributed by atoms with E-state index in [9.17, 15) is 0 Å². The second kappa shape index (κ2) is 17.8. The molecule has 18 rings (SSSR count). The van der Waals surface area contributed by atoms with E-state index in [0.29, 0.717) is 0 Å². The Bertz CT molecular complexity index is 5250. The maximum atomic E-state index is 2.77. The molecule has 0 bridgehead atoms. The van der Waals surface area contributed by atoms with Crippen LogP contribution in [0, 0.1) is 0 Å². The molecule has 5 heterocycles. The summed E-state index contributed by atoms with van der Waals surface area (Å²) in [6, 6.07) is 111. The average Bonchev–Trinajstić information content (AvgIpc) is 3.70. The maximum Gasteiger partial charge on any atom is 0.332 e. The van der Waals surface area contributed by atoms with Crippen LogP contribution in [0.1, 0.15) is 0 Å². The smallest absolute Gasteiger partial charge is 0.332 e. The minimum atomic E-state index is -0.301. The van der Waals surface area contributed by atoms with Crippen LogP contribution < -0.4 is 10.9 Å². The lowest BCUT2D eigenvalue weighted by molar-refractivity contribution is 1.16. The number of nitrogens with zero attached hydrogens (tertiary/aromatic N) is 4. The predicted molar refractivity (Wildman–Crippen MR) is 351 cm³/mol. The van der Waals surface area contributed by atoms with E-state index in [0.717, 1.165) is 11.4 Å². The van der Waals surface area contributed by atoms with E-state index >= 15 is 0 Å². The van der Waals surface area contributed by atoms with Gasteiger partial charge >= 0.3 is 6.85 Å². The number of aromatic nitrogens is 4. The summed E-state index contributed by atoms with van der Waals surface area (Å²) in [6.07, 6.45) is 0. The van der Waals surface area contributed by atoms with Crippen LogP contribution in [-0.4, -0.2) is 25.0 Å². The summed E-state index contributed by atoms with van der Waals surface area (Å²) in [5.41, 5.74) is 24.9. The van der Waals surface area contributed by atoms with Gasteiger partial charge in [-0.25, -0.2) is 0 Å². The van der Waals surface area contributed by atoms with Gasteiger partial charge < -0.3 is 18.2 Å². The second-order valence-corrected chi connectivity index (χ2v) is 22.3. The third kappa shape index (κ3) is 6.71. The molecule has 384 valence electrons. The van der Waals surface area contributed by atoms with Crippen molar-refractivity contribution in [3.05, 3.63) is 297 Å². The largest absolute Gasteiger partial charge is 0.375 e. The van der Waals surface area contributed by atoms with Gasteiger partial charge in [0.2, 0.25) is 0 Å². The van der Waals surface area contributed by atoms with Gasteiger partial charge in [-0.1, -0.05) is 212 Å². The van der Waals surface area contributed by atoms with Crippen molar-refractivity contribution in [3.63, 3.8) is 0 Å². The predicted octanol–water partition coefficient (Wildman–Crippen LogP) is 18.7. The van der Waals surface area contributed by atoms with Crippen molar-refractivity contribution in [1.29, 1.82) is 0 Å². The van der Waals surface area contributed by atoms with Crippen LogP contribution in [0.3, 0.4) is 0 Å². The molecule has 0 saturated carbocycles. The maximum absolute atomic E-state index is 2.77. The van der Waals surface area contributed by atoms with E-state index < -0.39 is 0 Å². The standard InChI is InChI=1S/C78H49BN4/c1-5-23-50(24-6-1)54-43-62(52-27-9-3-10-28-52)76-65(45-54)66-46-55(51-25-7-2-8-26-51)44-63(53-29-11-4-12-30-53)77(66)83(76)79-68-35-17-22-40-75(68)82-74-42-41-56(80-70-36-18-13-31-58(70)59-32-14-19-37-71(59)80)47-64(74)67-48-57(49-69(79)78(67)82)81-72-38-20-15-33-60(72)61-34-16-21-39-73(61)81/h1-49H. The average molecular weight is 1050 g/mol. The summed E-state index contributed by atoms with van der Waals surface area (Å²) >= 11 is 0. The van der Waals surface area contributed by atoms with Gasteiger partial charge in [0.15, 0.2) is 0 Å². The van der Waals surface area contributed by atoms with Gasteiger partial charge in [-0.2, -0.15) is 0 Å². The van der Waals surface area contributed by atoms with Gasteiger partial charge in [0.1, 0.15) is 0 Å². The Balaban J connectivity index is 1.04. The monoisotopic (exact) mass is 1050 g/mol. The molecule has 13 aromatic carbocycles. The first-order valence-corrected chi connectivity index (χ1v) is 28.8. The number of benzene rings is 13. The number of hydrogen-bond acceptors (Lipinski definition) is 0. The summed E-state index contributed by atoms with van der Waals surface area (Å²) < 4.78 is 10.3. The lowest BCUT2D eigenvalue weighted by atomic mass is 9.48. The highest BCUT2D eigenvalue weighted by Crippen LogP contribution is 2.47. The Kier molecular flexibility index (Phi) is 9.86. The van der Waals surface area contributed by atoms with Crippen LogP contribution in [-0.2, 0) is 0 Å². The summed E-state index contributed by atoms with van der Waals surface area (Å²) in [4.78, 5) is 0. The molecule has 0 aliphatic carbocycles. The third-order valence-corrected chi connectivity index (χ3v) is 17.9. The number of rotatable bonds is 7. The van der Waals surface area contributed by atoms with E-state index in [1.807, 2.05) is 0 Å². The van der Waals surface area contributed by atoms with E-state index in [4.69, 9.17) is 0 Å². The molecule has 0 amide bonds. The highest BCUT2D eigenvalue weighted by atomic mass is 15.0. The van der Waals surface area contributed by atoms with Crippen molar-refractivity contribution >= 4 is 105 Å². The van der Waals surface area contributed by atoms with Gasteiger partial charge in [-0.05, 0) is 129 Å². The lowest BCUT2D eigenvalue weighted by Gasteiger charge is -2.30. The number of para-hydroxylation sites is 5. The molecule has 4 aromatic heterocycles. The lowest BCUT2D eigenvalue weighted by Crippen LogP contribution is -2.53. The van der Waals surface area contributed by atoms with E-state index in [2.05, 4.69) is 315 Å². The van der Waals surface area contributed by atoms with Gasteiger partial charge in [-0.15, -0.1) is 0 Å². The third-order valence-electron chi connectivity index (χ3n) is 17.9. The molecule has 17 aromatic rings. The summed E-state index contributed by atoms with van der Waals surface area (Å²) in [5, 5.41) is 9.81. The van der Waals surface area contributed by atoms with Crippen LogP contribution in [0.2, 0.25) is 0 Å². The first kappa shape index (κ1) is 45.9. The van der Waals surface area contributed by atoms with Crippen LogP contribution >= 0.6 is 0 Å². The molecule has 0 atom stereocenters. The van der Waals surface area contributed by atoms with Gasteiger partial charge in [0.25, 0.3) is 0 Å². The molecule has 1 aliphatic rings. The van der Waals surface area contributed by atoms with Crippen molar-refractivity contribution in [3.8, 4) is 61.6 Å². The SMILES string of the molecule is c1ccc(-c2cc(-c3ccccc3)c3c(c2)c2cc(-c4ccccc4)cc(-c4ccccc4)c2n3B2c3ccccc3-n3c4ccc(-n5c6ccccc6c6ccccc65)cc4c4cc(-n5c6ccccc6c6ccccc65)cc2c43)cc1.